The number of ether oxygens (including phenoxy) is 1. The highest BCUT2D eigenvalue weighted by molar-refractivity contribution is 5.85. The predicted molar refractivity (Wildman–Crippen MR) is 96.4 cm³/mol. The SMILES string of the molecule is COc1c(-c2ccc3c(c2)C(C)=CC(C)(C)N3)cc(F)cc1[N+](=O)[O-]. The van der Waals surface area contributed by atoms with Crippen LogP contribution in [0.2, 0.25) is 0 Å². The number of halogens is 1. The van der Waals surface area contributed by atoms with Crippen LogP contribution in [0, 0.1) is 15.9 Å². The van der Waals surface area contributed by atoms with Crippen molar-refractivity contribution in [2.24, 2.45) is 0 Å². The van der Waals surface area contributed by atoms with Gasteiger partial charge in [0.25, 0.3) is 0 Å². The van der Waals surface area contributed by atoms with E-state index < -0.39 is 10.7 Å². The van der Waals surface area contributed by atoms with E-state index in [1.165, 1.54) is 13.2 Å². The molecule has 0 aliphatic carbocycles. The molecule has 0 unspecified atom stereocenters. The standard InChI is InChI=1S/C19H19FN2O3/c1-11-10-19(2,3)21-16-6-5-12(7-14(11)16)15-8-13(20)9-17(22(23)24)18(15)25-4/h5-10,21H,1-4H3. The highest BCUT2D eigenvalue weighted by Crippen LogP contribution is 2.42. The number of benzene rings is 2. The molecular weight excluding hydrogens is 323 g/mol. The molecule has 1 heterocycles. The van der Waals surface area contributed by atoms with Crippen molar-refractivity contribution < 1.29 is 14.1 Å². The molecule has 0 fully saturated rings. The summed E-state index contributed by atoms with van der Waals surface area (Å²) < 4.78 is 19.1. The molecule has 0 aromatic heterocycles. The Morgan fingerprint density at radius 2 is 1.92 bits per heavy atom. The van der Waals surface area contributed by atoms with Gasteiger partial charge in [0.05, 0.1) is 23.6 Å². The highest BCUT2D eigenvalue weighted by Gasteiger charge is 2.25. The highest BCUT2D eigenvalue weighted by atomic mass is 19.1. The van der Waals surface area contributed by atoms with Crippen LogP contribution in [0.4, 0.5) is 15.8 Å². The van der Waals surface area contributed by atoms with Gasteiger partial charge in [-0.1, -0.05) is 12.1 Å². The van der Waals surface area contributed by atoms with Crippen molar-refractivity contribution in [1.29, 1.82) is 0 Å². The molecule has 3 rings (SSSR count). The predicted octanol–water partition coefficient (Wildman–Crippen LogP) is 5.02. The van der Waals surface area contributed by atoms with Crippen LogP contribution in [0.25, 0.3) is 16.7 Å². The number of fused-ring (bicyclic) bond motifs is 1. The Hall–Kier alpha value is -2.89. The summed E-state index contributed by atoms with van der Waals surface area (Å²) >= 11 is 0. The lowest BCUT2D eigenvalue weighted by atomic mass is 9.89. The quantitative estimate of drug-likeness (QED) is 0.628. The van der Waals surface area contributed by atoms with E-state index >= 15 is 0 Å². The van der Waals surface area contributed by atoms with Gasteiger partial charge in [0.1, 0.15) is 5.82 Å². The largest absolute Gasteiger partial charge is 0.490 e. The zero-order valence-electron chi connectivity index (χ0n) is 14.5. The third kappa shape index (κ3) is 3.07. The first-order valence-corrected chi connectivity index (χ1v) is 7.86. The molecule has 6 heteroatoms. The van der Waals surface area contributed by atoms with Crippen molar-refractivity contribution in [2.75, 3.05) is 12.4 Å². The van der Waals surface area contributed by atoms with Crippen LogP contribution in [-0.2, 0) is 0 Å². The lowest BCUT2D eigenvalue weighted by Crippen LogP contribution is -2.31. The van der Waals surface area contributed by atoms with Gasteiger partial charge in [-0.15, -0.1) is 0 Å². The van der Waals surface area contributed by atoms with Gasteiger partial charge in [-0.2, -0.15) is 0 Å². The molecule has 0 spiro atoms. The van der Waals surface area contributed by atoms with Gasteiger partial charge >= 0.3 is 5.69 Å². The number of nitrogens with zero attached hydrogens (tertiary/aromatic N) is 1. The fourth-order valence-corrected chi connectivity index (χ4v) is 3.29. The average Bonchev–Trinajstić information content (AvgIpc) is 2.52. The van der Waals surface area contributed by atoms with Crippen molar-refractivity contribution in [3.8, 4) is 16.9 Å². The molecule has 0 saturated heterocycles. The molecule has 0 saturated carbocycles. The molecule has 5 nitrogen and oxygen atoms in total. The van der Waals surface area contributed by atoms with E-state index in [-0.39, 0.29) is 17.0 Å². The van der Waals surface area contributed by atoms with Crippen molar-refractivity contribution in [3.05, 3.63) is 57.9 Å². The Morgan fingerprint density at radius 1 is 1.20 bits per heavy atom. The summed E-state index contributed by atoms with van der Waals surface area (Å²) in [6.07, 6.45) is 2.12. The first-order chi connectivity index (χ1) is 11.7. The Morgan fingerprint density at radius 3 is 2.56 bits per heavy atom. The van der Waals surface area contributed by atoms with E-state index in [0.29, 0.717) is 11.1 Å². The van der Waals surface area contributed by atoms with E-state index in [2.05, 4.69) is 25.2 Å². The Balaban J connectivity index is 2.19. The minimum atomic E-state index is -0.674. The molecule has 2 aromatic rings. The minimum absolute atomic E-state index is 0.0529. The third-order valence-electron chi connectivity index (χ3n) is 4.22. The van der Waals surface area contributed by atoms with Crippen molar-refractivity contribution >= 4 is 16.9 Å². The van der Waals surface area contributed by atoms with Gasteiger partial charge < -0.3 is 10.1 Å². The average molecular weight is 342 g/mol. The van der Waals surface area contributed by atoms with Gasteiger partial charge in [-0.05, 0) is 50.1 Å². The topological polar surface area (TPSA) is 64.4 Å². The second-order valence-electron chi connectivity index (χ2n) is 6.70. The maximum absolute atomic E-state index is 13.9. The van der Waals surface area contributed by atoms with Gasteiger partial charge in [-0.25, -0.2) is 4.39 Å². The molecule has 0 radical (unpaired) electrons. The summed E-state index contributed by atoms with van der Waals surface area (Å²) in [4.78, 5) is 10.6. The second kappa shape index (κ2) is 5.88. The smallest absolute Gasteiger partial charge is 0.314 e. The molecule has 0 bridgehead atoms. The van der Waals surface area contributed by atoms with Crippen LogP contribution in [-0.4, -0.2) is 17.6 Å². The number of rotatable bonds is 3. The third-order valence-corrected chi connectivity index (χ3v) is 4.22. The van der Waals surface area contributed by atoms with Gasteiger partial charge in [0.15, 0.2) is 0 Å². The van der Waals surface area contributed by atoms with E-state index in [4.69, 9.17) is 4.74 Å². The summed E-state index contributed by atoms with van der Waals surface area (Å²) in [5, 5.41) is 14.6. The van der Waals surface area contributed by atoms with Crippen LogP contribution in [0.1, 0.15) is 26.3 Å². The van der Waals surface area contributed by atoms with Crippen LogP contribution >= 0.6 is 0 Å². The number of anilines is 1. The molecular formula is C19H19FN2O3. The van der Waals surface area contributed by atoms with Crippen LogP contribution in [0.5, 0.6) is 5.75 Å². The van der Waals surface area contributed by atoms with Crippen molar-refractivity contribution in [3.63, 3.8) is 0 Å². The summed E-state index contributed by atoms with van der Waals surface area (Å²) in [7, 11) is 1.34. The van der Waals surface area contributed by atoms with Crippen molar-refractivity contribution in [2.45, 2.75) is 26.3 Å². The van der Waals surface area contributed by atoms with Crippen molar-refractivity contribution in [1.82, 2.24) is 0 Å². The number of hydrogen-bond donors (Lipinski definition) is 1. The van der Waals surface area contributed by atoms with E-state index in [9.17, 15) is 14.5 Å². The second-order valence-corrected chi connectivity index (χ2v) is 6.70. The summed E-state index contributed by atoms with van der Waals surface area (Å²) in [5.74, 6) is -0.621. The number of hydrogen-bond acceptors (Lipinski definition) is 4. The first kappa shape index (κ1) is 17.0. The molecule has 130 valence electrons. The monoisotopic (exact) mass is 342 g/mol. The van der Waals surface area contributed by atoms with E-state index in [1.54, 1.807) is 0 Å². The maximum atomic E-state index is 13.9. The zero-order valence-corrected chi connectivity index (χ0v) is 14.5. The molecule has 0 amide bonds. The van der Waals surface area contributed by atoms with Gasteiger partial charge in [0.2, 0.25) is 5.75 Å². The lowest BCUT2D eigenvalue weighted by molar-refractivity contribution is -0.385. The number of nitrogens with one attached hydrogen (secondary N) is 1. The normalized spacial score (nSPS) is 15.0. The maximum Gasteiger partial charge on any atom is 0.314 e. The van der Waals surface area contributed by atoms with Crippen LogP contribution in [0.3, 0.4) is 0 Å². The fourth-order valence-electron chi connectivity index (χ4n) is 3.29. The molecule has 2 aromatic carbocycles. The first-order valence-electron chi connectivity index (χ1n) is 7.86. The Bertz CT molecular complexity index is 904. The molecule has 1 N–H and O–H groups in total. The molecule has 25 heavy (non-hydrogen) atoms. The molecule has 1 aliphatic heterocycles. The Kier molecular flexibility index (Phi) is 3.99. The molecule has 0 atom stereocenters. The Labute approximate surface area is 145 Å². The number of allylic oxidation sites excluding steroid dienone is 1. The molecule has 1 aliphatic rings. The summed E-state index contributed by atoms with van der Waals surface area (Å²) in [6.45, 7) is 6.16. The van der Waals surface area contributed by atoms with Gasteiger partial charge in [-0.3, -0.25) is 10.1 Å². The fraction of sp³-hybridized carbons (Fsp3) is 0.263. The van der Waals surface area contributed by atoms with Crippen LogP contribution < -0.4 is 10.1 Å². The number of nitro benzene ring substituents is 1. The van der Waals surface area contributed by atoms with Gasteiger partial charge in [0, 0.05) is 16.8 Å². The lowest BCUT2D eigenvalue weighted by Gasteiger charge is -2.31. The summed E-state index contributed by atoms with van der Waals surface area (Å²) in [5.41, 5.74) is 3.51. The minimum Gasteiger partial charge on any atom is -0.490 e. The van der Waals surface area contributed by atoms with E-state index in [1.807, 2.05) is 25.1 Å². The zero-order chi connectivity index (χ0) is 18.4. The number of nitro groups is 1. The number of methoxy groups -OCH3 is 1. The summed E-state index contributed by atoms with van der Waals surface area (Å²) in [6, 6.07) is 7.73. The van der Waals surface area contributed by atoms with E-state index in [0.717, 1.165) is 22.9 Å². The van der Waals surface area contributed by atoms with Crippen LogP contribution in [0.15, 0.2) is 36.4 Å².